The second-order valence-corrected chi connectivity index (χ2v) is 8.17. The highest BCUT2D eigenvalue weighted by atomic mass is 32.2. The molecule has 0 radical (unpaired) electrons. The van der Waals surface area contributed by atoms with E-state index in [2.05, 4.69) is 0 Å². The van der Waals surface area contributed by atoms with Crippen LogP contribution in [0.4, 0.5) is 0 Å². The van der Waals surface area contributed by atoms with Crippen molar-refractivity contribution < 1.29 is 13.2 Å². The Kier molecular flexibility index (Phi) is 4.97. The highest BCUT2D eigenvalue weighted by molar-refractivity contribution is 7.88. The summed E-state index contributed by atoms with van der Waals surface area (Å²) >= 11 is 0. The van der Waals surface area contributed by atoms with Gasteiger partial charge >= 0.3 is 0 Å². The van der Waals surface area contributed by atoms with Crippen LogP contribution in [0.2, 0.25) is 0 Å². The molecule has 0 saturated carbocycles. The van der Waals surface area contributed by atoms with Crippen molar-refractivity contribution in [1.29, 1.82) is 0 Å². The summed E-state index contributed by atoms with van der Waals surface area (Å²) < 4.78 is 24.4. The molecule has 0 unspecified atom stereocenters. The van der Waals surface area contributed by atoms with Crippen LogP contribution >= 0.6 is 0 Å². The maximum Gasteiger partial charge on any atom is 0.240 e. The van der Waals surface area contributed by atoms with Crippen molar-refractivity contribution in [3.63, 3.8) is 0 Å². The number of hydrogen-bond acceptors (Lipinski definition) is 4. The number of nitrogens with zero attached hydrogens (tertiary/aromatic N) is 2. The van der Waals surface area contributed by atoms with E-state index in [1.54, 1.807) is 4.90 Å². The third kappa shape index (κ3) is 4.43. The van der Waals surface area contributed by atoms with Gasteiger partial charge in [0.1, 0.15) is 0 Å². The van der Waals surface area contributed by atoms with Gasteiger partial charge in [0, 0.05) is 26.2 Å². The van der Waals surface area contributed by atoms with E-state index < -0.39 is 16.1 Å². The molecule has 1 saturated heterocycles. The van der Waals surface area contributed by atoms with Crippen LogP contribution in [-0.4, -0.2) is 62.0 Å². The fraction of sp³-hybridized carbons (Fsp3) is 0.917. The smallest absolute Gasteiger partial charge is 0.240 e. The van der Waals surface area contributed by atoms with Crippen molar-refractivity contribution >= 4 is 15.9 Å². The summed E-state index contributed by atoms with van der Waals surface area (Å²) in [4.78, 5) is 14.0. The van der Waals surface area contributed by atoms with Gasteiger partial charge in [-0.2, -0.15) is 0 Å². The Morgan fingerprint density at radius 2 is 1.74 bits per heavy atom. The minimum atomic E-state index is -3.18. The SMILES string of the molecule is CC(C)(C)[C@H](N)C(=O)N1CCCN(S(C)(=O)=O)CC1. The van der Waals surface area contributed by atoms with Gasteiger partial charge in [-0.15, -0.1) is 0 Å². The first-order chi connectivity index (χ1) is 8.53. The second kappa shape index (κ2) is 5.76. The largest absolute Gasteiger partial charge is 0.340 e. The average Bonchev–Trinajstić information content (AvgIpc) is 2.50. The molecule has 0 bridgehead atoms. The molecule has 0 aromatic carbocycles. The van der Waals surface area contributed by atoms with Crippen molar-refractivity contribution in [2.75, 3.05) is 32.4 Å². The summed E-state index contributed by atoms with van der Waals surface area (Å²) in [6, 6.07) is -0.558. The Balaban J connectivity index is 2.70. The predicted molar refractivity (Wildman–Crippen MR) is 75.0 cm³/mol. The second-order valence-electron chi connectivity index (χ2n) is 6.18. The number of carbonyl (C=O) groups excluding carboxylic acids is 1. The minimum Gasteiger partial charge on any atom is -0.340 e. The molecule has 0 aliphatic carbocycles. The van der Waals surface area contributed by atoms with Gasteiger partial charge in [0.2, 0.25) is 15.9 Å². The normalized spacial score (nSPS) is 21.0. The molecule has 0 aromatic rings. The first-order valence-electron chi connectivity index (χ1n) is 6.53. The molecular weight excluding hydrogens is 266 g/mol. The fourth-order valence-corrected chi connectivity index (χ4v) is 2.89. The van der Waals surface area contributed by atoms with Gasteiger partial charge < -0.3 is 10.6 Å². The quantitative estimate of drug-likeness (QED) is 0.767. The van der Waals surface area contributed by atoms with E-state index in [1.807, 2.05) is 20.8 Å². The summed E-state index contributed by atoms with van der Waals surface area (Å²) in [5.41, 5.74) is 5.68. The Morgan fingerprint density at radius 1 is 1.16 bits per heavy atom. The van der Waals surface area contributed by atoms with Crippen molar-refractivity contribution in [1.82, 2.24) is 9.21 Å². The Hall–Kier alpha value is -0.660. The van der Waals surface area contributed by atoms with Gasteiger partial charge in [-0.25, -0.2) is 12.7 Å². The monoisotopic (exact) mass is 291 g/mol. The van der Waals surface area contributed by atoms with Crippen LogP contribution in [0.15, 0.2) is 0 Å². The number of sulfonamides is 1. The summed E-state index contributed by atoms with van der Waals surface area (Å²) in [7, 11) is -3.18. The Morgan fingerprint density at radius 3 is 2.21 bits per heavy atom. The lowest BCUT2D eigenvalue weighted by atomic mass is 9.86. The molecule has 1 amide bonds. The van der Waals surface area contributed by atoms with E-state index in [0.29, 0.717) is 32.6 Å². The van der Waals surface area contributed by atoms with Crippen LogP contribution in [0, 0.1) is 5.41 Å². The molecule has 1 rings (SSSR count). The zero-order chi connectivity index (χ0) is 14.8. The number of hydrogen-bond donors (Lipinski definition) is 1. The topological polar surface area (TPSA) is 83.7 Å². The fourth-order valence-electron chi connectivity index (χ4n) is 2.01. The molecule has 1 fully saturated rings. The number of rotatable bonds is 2. The first-order valence-corrected chi connectivity index (χ1v) is 8.38. The van der Waals surface area contributed by atoms with Gasteiger partial charge in [-0.1, -0.05) is 20.8 Å². The lowest BCUT2D eigenvalue weighted by Gasteiger charge is -2.31. The third-order valence-electron chi connectivity index (χ3n) is 3.43. The summed E-state index contributed by atoms with van der Waals surface area (Å²) in [6.45, 7) is 7.57. The van der Waals surface area contributed by atoms with Crippen LogP contribution in [0.3, 0.4) is 0 Å². The Bertz CT molecular complexity index is 428. The minimum absolute atomic E-state index is 0.0946. The maximum atomic E-state index is 12.3. The first kappa shape index (κ1) is 16.4. The van der Waals surface area contributed by atoms with Gasteiger partial charge in [0.15, 0.2) is 0 Å². The van der Waals surface area contributed by atoms with E-state index in [4.69, 9.17) is 5.73 Å². The van der Waals surface area contributed by atoms with Gasteiger partial charge in [-0.3, -0.25) is 4.79 Å². The zero-order valence-electron chi connectivity index (χ0n) is 12.2. The van der Waals surface area contributed by atoms with Crippen molar-refractivity contribution in [2.24, 2.45) is 11.1 Å². The molecule has 1 atom stereocenters. The molecule has 0 spiro atoms. The molecular formula is C12H25N3O3S. The third-order valence-corrected chi connectivity index (χ3v) is 4.74. The Labute approximate surface area is 116 Å². The van der Waals surface area contributed by atoms with Crippen molar-refractivity contribution in [2.45, 2.75) is 33.2 Å². The lowest BCUT2D eigenvalue weighted by molar-refractivity contribution is -0.134. The van der Waals surface area contributed by atoms with E-state index >= 15 is 0 Å². The molecule has 2 N–H and O–H groups in total. The highest BCUT2D eigenvalue weighted by Gasteiger charge is 2.32. The van der Waals surface area contributed by atoms with Gasteiger partial charge in [0.05, 0.1) is 12.3 Å². The molecule has 0 aromatic heterocycles. The lowest BCUT2D eigenvalue weighted by Crippen LogP contribution is -2.51. The molecule has 112 valence electrons. The van der Waals surface area contributed by atoms with Gasteiger partial charge in [0.25, 0.3) is 0 Å². The average molecular weight is 291 g/mol. The molecule has 6 nitrogen and oxygen atoms in total. The predicted octanol–water partition coefficient (Wildman–Crippen LogP) is -0.146. The molecule has 1 aliphatic heterocycles. The van der Waals surface area contributed by atoms with E-state index in [9.17, 15) is 13.2 Å². The van der Waals surface area contributed by atoms with Crippen LogP contribution in [0.25, 0.3) is 0 Å². The number of nitrogens with two attached hydrogens (primary N) is 1. The summed E-state index contributed by atoms with van der Waals surface area (Å²) in [5, 5.41) is 0. The summed E-state index contributed by atoms with van der Waals surface area (Å²) in [5.74, 6) is -0.0946. The standard InChI is InChI=1S/C12H25N3O3S/c1-12(2,3)10(13)11(16)14-6-5-7-15(9-8-14)19(4,17)18/h10H,5-9,13H2,1-4H3/t10-/m1/s1. The van der Waals surface area contributed by atoms with Crippen molar-refractivity contribution in [3.8, 4) is 0 Å². The van der Waals surface area contributed by atoms with Crippen LogP contribution in [0.1, 0.15) is 27.2 Å². The molecule has 19 heavy (non-hydrogen) atoms. The van der Waals surface area contributed by atoms with E-state index in [-0.39, 0.29) is 11.3 Å². The van der Waals surface area contributed by atoms with Crippen LogP contribution in [-0.2, 0) is 14.8 Å². The number of carbonyl (C=O) groups is 1. The van der Waals surface area contributed by atoms with Crippen LogP contribution < -0.4 is 5.73 Å². The molecule has 1 aliphatic rings. The molecule has 7 heteroatoms. The van der Waals surface area contributed by atoms with E-state index in [1.165, 1.54) is 10.6 Å². The molecule has 1 heterocycles. The highest BCUT2D eigenvalue weighted by Crippen LogP contribution is 2.20. The summed E-state index contributed by atoms with van der Waals surface area (Å²) in [6.07, 6.45) is 1.85. The van der Waals surface area contributed by atoms with Crippen molar-refractivity contribution in [3.05, 3.63) is 0 Å². The maximum absolute atomic E-state index is 12.3. The van der Waals surface area contributed by atoms with E-state index in [0.717, 1.165) is 0 Å². The van der Waals surface area contributed by atoms with Gasteiger partial charge in [-0.05, 0) is 11.8 Å². The zero-order valence-corrected chi connectivity index (χ0v) is 13.0. The number of amides is 1. The van der Waals surface area contributed by atoms with Crippen LogP contribution in [0.5, 0.6) is 0 Å².